The van der Waals surface area contributed by atoms with Crippen molar-refractivity contribution >= 4 is 5.69 Å². The number of aromatic nitrogens is 4. The van der Waals surface area contributed by atoms with E-state index >= 15 is 0 Å². The van der Waals surface area contributed by atoms with Gasteiger partial charge < -0.3 is 0 Å². The molecule has 2 heterocycles. The van der Waals surface area contributed by atoms with Crippen LogP contribution >= 0.6 is 0 Å². The predicted molar refractivity (Wildman–Crippen MR) is 50.5 cm³/mol. The molecule has 0 unspecified atom stereocenters. The zero-order chi connectivity index (χ0) is 11.5. The molecule has 0 N–H and O–H groups in total. The highest BCUT2D eigenvalue weighted by Crippen LogP contribution is 2.16. The Morgan fingerprint density at radius 3 is 2.69 bits per heavy atom. The SMILES string of the molecule is N#Cc1cc([N+](=O)[O-])cnc1-n1nccn1. The molecule has 0 radical (unpaired) electrons. The van der Waals surface area contributed by atoms with E-state index in [1.54, 1.807) is 0 Å². The molecule has 0 aliphatic carbocycles. The molecule has 0 atom stereocenters. The van der Waals surface area contributed by atoms with Gasteiger partial charge >= 0.3 is 0 Å². The van der Waals surface area contributed by atoms with E-state index < -0.39 is 4.92 Å². The lowest BCUT2D eigenvalue weighted by atomic mass is 10.2. The van der Waals surface area contributed by atoms with Gasteiger partial charge in [0.15, 0.2) is 5.82 Å². The van der Waals surface area contributed by atoms with E-state index in [-0.39, 0.29) is 17.1 Å². The van der Waals surface area contributed by atoms with Crippen molar-refractivity contribution in [1.82, 2.24) is 20.0 Å². The standard InChI is InChI=1S/C8H4N6O2/c9-4-6-3-7(14(15)16)5-10-8(6)13-11-1-2-12-13/h1-3,5H. The summed E-state index contributed by atoms with van der Waals surface area (Å²) in [6.45, 7) is 0. The molecule has 8 heteroatoms. The number of nitrogens with zero attached hydrogens (tertiary/aromatic N) is 6. The molecule has 2 aromatic heterocycles. The van der Waals surface area contributed by atoms with Crippen LogP contribution in [0.5, 0.6) is 0 Å². The number of hydrogen-bond donors (Lipinski definition) is 0. The highest BCUT2D eigenvalue weighted by molar-refractivity contribution is 5.47. The molecule has 0 saturated heterocycles. The summed E-state index contributed by atoms with van der Waals surface area (Å²) in [6.07, 6.45) is 3.90. The fraction of sp³-hybridized carbons (Fsp3) is 0. The fourth-order valence-electron chi connectivity index (χ4n) is 1.11. The molecule has 78 valence electrons. The first-order chi connectivity index (χ1) is 7.72. The summed E-state index contributed by atoms with van der Waals surface area (Å²) in [5.41, 5.74) is -0.196. The van der Waals surface area contributed by atoms with E-state index in [2.05, 4.69) is 15.2 Å². The van der Waals surface area contributed by atoms with Gasteiger partial charge in [-0.2, -0.15) is 15.5 Å². The van der Waals surface area contributed by atoms with E-state index in [9.17, 15) is 10.1 Å². The average Bonchev–Trinajstić information content (AvgIpc) is 2.81. The molecule has 8 nitrogen and oxygen atoms in total. The Balaban J connectivity index is 2.57. The molecule has 0 fully saturated rings. The minimum atomic E-state index is -0.617. The quantitative estimate of drug-likeness (QED) is 0.532. The van der Waals surface area contributed by atoms with Crippen LogP contribution in [0.3, 0.4) is 0 Å². The topological polar surface area (TPSA) is 111 Å². The zero-order valence-corrected chi connectivity index (χ0v) is 7.81. The van der Waals surface area contributed by atoms with Gasteiger partial charge in [-0.1, -0.05) is 0 Å². The van der Waals surface area contributed by atoms with E-state index in [1.165, 1.54) is 12.4 Å². The third-order valence-electron chi connectivity index (χ3n) is 1.79. The van der Waals surface area contributed by atoms with E-state index in [0.717, 1.165) is 17.1 Å². The van der Waals surface area contributed by atoms with Crippen LogP contribution < -0.4 is 0 Å². The third-order valence-corrected chi connectivity index (χ3v) is 1.79. The Bertz CT molecular complexity index is 571. The summed E-state index contributed by atoms with van der Waals surface area (Å²) in [4.78, 5) is 14.8. The molecule has 0 aromatic carbocycles. The van der Waals surface area contributed by atoms with Gasteiger partial charge in [0, 0.05) is 6.07 Å². The van der Waals surface area contributed by atoms with Crippen molar-refractivity contribution in [1.29, 1.82) is 5.26 Å². The van der Waals surface area contributed by atoms with Gasteiger partial charge in [-0.05, 0) is 0 Å². The van der Waals surface area contributed by atoms with Crippen molar-refractivity contribution in [2.24, 2.45) is 0 Å². The van der Waals surface area contributed by atoms with Crippen LogP contribution in [0.2, 0.25) is 0 Å². The predicted octanol–water partition coefficient (Wildman–Crippen LogP) is 0.442. The smallest absolute Gasteiger partial charge is 0.258 e. The Hall–Kier alpha value is -2.82. The van der Waals surface area contributed by atoms with Crippen molar-refractivity contribution in [3.8, 4) is 11.9 Å². The highest BCUT2D eigenvalue weighted by atomic mass is 16.6. The van der Waals surface area contributed by atoms with Gasteiger partial charge in [0.1, 0.15) is 17.8 Å². The maximum absolute atomic E-state index is 10.5. The van der Waals surface area contributed by atoms with Crippen LogP contribution in [0, 0.1) is 21.4 Å². The second-order valence-corrected chi connectivity index (χ2v) is 2.75. The Morgan fingerprint density at radius 2 is 2.12 bits per heavy atom. The molecule has 0 saturated carbocycles. The van der Waals surface area contributed by atoms with Gasteiger partial charge in [-0.25, -0.2) is 4.98 Å². The minimum Gasteiger partial charge on any atom is -0.258 e. The van der Waals surface area contributed by atoms with Crippen LogP contribution in [0.25, 0.3) is 5.82 Å². The Kier molecular flexibility index (Phi) is 2.27. The van der Waals surface area contributed by atoms with Crippen LogP contribution in [0.4, 0.5) is 5.69 Å². The molecule has 2 aromatic rings. The largest absolute Gasteiger partial charge is 0.289 e. The lowest BCUT2D eigenvalue weighted by Crippen LogP contribution is -2.05. The molecule has 0 amide bonds. The number of rotatable bonds is 2. The van der Waals surface area contributed by atoms with E-state index in [0.29, 0.717) is 0 Å². The Labute approximate surface area is 88.9 Å². The summed E-state index contributed by atoms with van der Waals surface area (Å²) in [7, 11) is 0. The van der Waals surface area contributed by atoms with Gasteiger partial charge in [-0.3, -0.25) is 10.1 Å². The van der Waals surface area contributed by atoms with E-state index in [1.807, 2.05) is 6.07 Å². The summed E-state index contributed by atoms with van der Waals surface area (Å²) >= 11 is 0. The second kappa shape index (κ2) is 3.74. The summed E-state index contributed by atoms with van der Waals surface area (Å²) < 4.78 is 0. The average molecular weight is 216 g/mol. The molecule has 16 heavy (non-hydrogen) atoms. The first kappa shape index (κ1) is 9.72. The van der Waals surface area contributed by atoms with Gasteiger partial charge in [0.25, 0.3) is 5.69 Å². The van der Waals surface area contributed by atoms with Gasteiger partial charge in [0.2, 0.25) is 0 Å². The number of nitro groups is 1. The molecule has 0 aliphatic heterocycles. The first-order valence-electron chi connectivity index (χ1n) is 4.13. The van der Waals surface area contributed by atoms with Crippen LogP contribution in [-0.2, 0) is 0 Å². The first-order valence-corrected chi connectivity index (χ1v) is 4.13. The number of nitriles is 1. The lowest BCUT2D eigenvalue weighted by Gasteiger charge is -2.00. The Morgan fingerprint density at radius 1 is 1.44 bits per heavy atom. The van der Waals surface area contributed by atoms with Crippen LogP contribution in [-0.4, -0.2) is 24.9 Å². The summed E-state index contributed by atoms with van der Waals surface area (Å²) in [6, 6.07) is 2.94. The third kappa shape index (κ3) is 1.57. The zero-order valence-electron chi connectivity index (χ0n) is 7.81. The van der Waals surface area contributed by atoms with Crippen molar-refractivity contribution in [2.45, 2.75) is 0 Å². The molecule has 2 rings (SSSR count). The molecular formula is C8H4N6O2. The van der Waals surface area contributed by atoms with Gasteiger partial charge in [0.05, 0.1) is 17.3 Å². The lowest BCUT2D eigenvalue weighted by molar-refractivity contribution is -0.385. The maximum Gasteiger partial charge on any atom is 0.289 e. The summed E-state index contributed by atoms with van der Waals surface area (Å²) in [5.74, 6) is 0.165. The molecule has 0 aliphatic rings. The molecule has 0 spiro atoms. The van der Waals surface area contributed by atoms with Crippen LogP contribution in [0.15, 0.2) is 24.7 Å². The van der Waals surface area contributed by atoms with E-state index in [4.69, 9.17) is 5.26 Å². The number of hydrogen-bond acceptors (Lipinski definition) is 6. The van der Waals surface area contributed by atoms with Crippen molar-refractivity contribution < 1.29 is 4.92 Å². The molecule has 0 bridgehead atoms. The molecular weight excluding hydrogens is 212 g/mol. The van der Waals surface area contributed by atoms with Crippen LogP contribution in [0.1, 0.15) is 5.56 Å². The van der Waals surface area contributed by atoms with Crippen molar-refractivity contribution in [2.75, 3.05) is 0 Å². The van der Waals surface area contributed by atoms with Gasteiger partial charge in [-0.15, -0.1) is 4.80 Å². The maximum atomic E-state index is 10.5. The summed E-state index contributed by atoms with van der Waals surface area (Å²) in [5, 5.41) is 26.9. The number of pyridine rings is 1. The highest BCUT2D eigenvalue weighted by Gasteiger charge is 2.14. The second-order valence-electron chi connectivity index (χ2n) is 2.75. The monoisotopic (exact) mass is 216 g/mol. The fourth-order valence-corrected chi connectivity index (χ4v) is 1.11. The van der Waals surface area contributed by atoms with Crippen molar-refractivity contribution in [3.63, 3.8) is 0 Å². The normalized spacial score (nSPS) is 9.69. The van der Waals surface area contributed by atoms with Crippen molar-refractivity contribution in [3.05, 3.63) is 40.3 Å². The minimum absolute atomic E-state index is 0.0467.